The van der Waals surface area contributed by atoms with Gasteiger partial charge in [0, 0.05) is 16.7 Å². The third kappa shape index (κ3) is 6.52. The van der Waals surface area contributed by atoms with Crippen molar-refractivity contribution < 1.29 is 0 Å². The van der Waals surface area contributed by atoms with E-state index in [0.29, 0.717) is 17.5 Å². The minimum Gasteiger partial charge on any atom is -0.208 e. The van der Waals surface area contributed by atoms with Crippen LogP contribution in [0.3, 0.4) is 0 Å². The quantitative estimate of drug-likeness (QED) is 0.165. The summed E-state index contributed by atoms with van der Waals surface area (Å²) in [4.78, 5) is 15.7. The lowest BCUT2D eigenvalue weighted by Gasteiger charge is -2.14. The molecule has 0 fully saturated rings. The van der Waals surface area contributed by atoms with E-state index in [-0.39, 0.29) is 0 Å². The van der Waals surface area contributed by atoms with Crippen molar-refractivity contribution in [3.8, 4) is 78.7 Å². The van der Waals surface area contributed by atoms with Crippen molar-refractivity contribution >= 4 is 21.5 Å². The molecule has 0 spiro atoms. The molecule has 10 rings (SSSR count). The first-order chi connectivity index (χ1) is 27.7. The van der Waals surface area contributed by atoms with E-state index < -0.39 is 0 Å². The van der Waals surface area contributed by atoms with E-state index in [1.54, 1.807) is 0 Å². The van der Waals surface area contributed by atoms with Crippen LogP contribution in [-0.4, -0.2) is 15.0 Å². The van der Waals surface area contributed by atoms with Gasteiger partial charge in [-0.25, -0.2) is 15.0 Å². The molecule has 0 aliphatic heterocycles. The highest BCUT2D eigenvalue weighted by Gasteiger charge is 2.18. The molecule has 0 aliphatic carbocycles. The monoisotopic (exact) mass is 713 g/mol. The molecular formula is C53H35N3. The van der Waals surface area contributed by atoms with Gasteiger partial charge in [-0.3, -0.25) is 0 Å². The summed E-state index contributed by atoms with van der Waals surface area (Å²) in [6.07, 6.45) is 0. The summed E-state index contributed by atoms with van der Waals surface area (Å²) in [5.41, 5.74) is 11.9. The Balaban J connectivity index is 1.12. The fourth-order valence-corrected chi connectivity index (χ4v) is 7.54. The predicted octanol–water partition coefficient (Wildman–Crippen LogP) is 13.8. The first kappa shape index (κ1) is 33.1. The fourth-order valence-electron chi connectivity index (χ4n) is 7.54. The highest BCUT2D eigenvalue weighted by atomic mass is 15.0. The molecule has 0 radical (unpaired) electrons. The maximum atomic E-state index is 5.26. The lowest BCUT2D eigenvalue weighted by molar-refractivity contribution is 1.07. The molecule has 0 unspecified atom stereocenters. The van der Waals surface area contributed by atoms with Crippen LogP contribution in [0.4, 0.5) is 0 Å². The molecule has 0 amide bonds. The van der Waals surface area contributed by atoms with Gasteiger partial charge in [0.05, 0.1) is 0 Å². The van der Waals surface area contributed by atoms with E-state index >= 15 is 0 Å². The van der Waals surface area contributed by atoms with Gasteiger partial charge in [0.1, 0.15) is 0 Å². The van der Waals surface area contributed by atoms with Crippen LogP contribution in [0.2, 0.25) is 0 Å². The fraction of sp³-hybridized carbons (Fsp3) is 0. The van der Waals surface area contributed by atoms with Crippen LogP contribution in [0.25, 0.3) is 100 Å². The van der Waals surface area contributed by atoms with E-state index in [9.17, 15) is 0 Å². The standard InChI is InChI=1S/C53H35N3/c1-4-12-36(13-5-1)39-20-23-41(24-21-39)51-54-52(48-29-28-45-33-44(26-27-46(45)34-48)43-25-22-38-16-10-11-19-42(38)32-43)56-53(55-51)50-35-47(37-14-6-2-7-15-37)30-31-49(50)40-17-8-3-9-18-40/h1-35H. The van der Waals surface area contributed by atoms with Crippen molar-refractivity contribution in [2.75, 3.05) is 0 Å². The average Bonchev–Trinajstić information content (AvgIpc) is 3.29. The Morgan fingerprint density at radius 3 is 1.21 bits per heavy atom. The summed E-state index contributed by atoms with van der Waals surface area (Å²) in [5.74, 6) is 1.88. The largest absolute Gasteiger partial charge is 0.208 e. The second kappa shape index (κ2) is 14.4. The Morgan fingerprint density at radius 1 is 0.196 bits per heavy atom. The number of benzene rings is 9. The second-order valence-corrected chi connectivity index (χ2v) is 14.1. The van der Waals surface area contributed by atoms with Gasteiger partial charge in [0.15, 0.2) is 17.5 Å². The Labute approximate surface area is 326 Å². The molecule has 56 heavy (non-hydrogen) atoms. The van der Waals surface area contributed by atoms with Crippen molar-refractivity contribution in [3.63, 3.8) is 0 Å². The zero-order valence-electron chi connectivity index (χ0n) is 30.5. The SMILES string of the molecule is c1ccc(-c2ccc(-c3nc(-c4ccc5cc(-c6ccc7ccccc7c6)ccc5c4)nc(-c4cc(-c5ccccc5)ccc4-c4ccccc4)n3)cc2)cc1. The number of rotatable bonds is 7. The van der Waals surface area contributed by atoms with E-state index in [1.807, 2.05) is 18.2 Å². The minimum atomic E-state index is 0.625. The molecule has 0 N–H and O–H groups in total. The van der Waals surface area contributed by atoms with Crippen molar-refractivity contribution in [2.45, 2.75) is 0 Å². The van der Waals surface area contributed by atoms with Gasteiger partial charge in [-0.05, 0) is 90.3 Å². The predicted molar refractivity (Wildman–Crippen MR) is 233 cm³/mol. The molecule has 9 aromatic carbocycles. The van der Waals surface area contributed by atoms with Crippen molar-refractivity contribution in [1.82, 2.24) is 15.0 Å². The minimum absolute atomic E-state index is 0.625. The Bertz CT molecular complexity index is 2990. The Morgan fingerprint density at radius 2 is 0.571 bits per heavy atom. The van der Waals surface area contributed by atoms with Gasteiger partial charge in [0.25, 0.3) is 0 Å². The van der Waals surface area contributed by atoms with E-state index in [2.05, 4.69) is 194 Å². The van der Waals surface area contributed by atoms with Crippen LogP contribution in [0, 0.1) is 0 Å². The number of aromatic nitrogens is 3. The molecule has 3 nitrogen and oxygen atoms in total. The van der Waals surface area contributed by atoms with Gasteiger partial charge in [-0.15, -0.1) is 0 Å². The summed E-state index contributed by atoms with van der Waals surface area (Å²) in [6.45, 7) is 0. The average molecular weight is 714 g/mol. The first-order valence-corrected chi connectivity index (χ1v) is 18.9. The van der Waals surface area contributed by atoms with Crippen molar-refractivity contribution in [1.29, 1.82) is 0 Å². The molecular weight excluding hydrogens is 679 g/mol. The second-order valence-electron chi connectivity index (χ2n) is 14.1. The normalized spacial score (nSPS) is 11.2. The molecule has 0 saturated carbocycles. The number of hydrogen-bond acceptors (Lipinski definition) is 3. The summed E-state index contributed by atoms with van der Waals surface area (Å²) in [7, 11) is 0. The smallest absolute Gasteiger partial charge is 0.164 e. The Kier molecular flexibility index (Phi) is 8.51. The number of hydrogen-bond donors (Lipinski definition) is 0. The maximum Gasteiger partial charge on any atom is 0.164 e. The Hall–Kier alpha value is -7.49. The summed E-state index contributed by atoms with van der Waals surface area (Å²) in [5, 5.41) is 4.76. The van der Waals surface area contributed by atoms with E-state index in [1.165, 1.54) is 27.5 Å². The maximum absolute atomic E-state index is 5.26. The summed E-state index contributed by atoms with van der Waals surface area (Å²) in [6, 6.07) is 74.8. The lowest BCUT2D eigenvalue weighted by atomic mass is 9.94. The first-order valence-electron chi connectivity index (χ1n) is 18.9. The summed E-state index contributed by atoms with van der Waals surface area (Å²) < 4.78 is 0. The topological polar surface area (TPSA) is 38.7 Å². The molecule has 262 valence electrons. The highest BCUT2D eigenvalue weighted by Crippen LogP contribution is 2.37. The van der Waals surface area contributed by atoms with Crippen molar-refractivity contribution in [2.24, 2.45) is 0 Å². The number of fused-ring (bicyclic) bond motifs is 2. The van der Waals surface area contributed by atoms with Crippen LogP contribution in [0.1, 0.15) is 0 Å². The molecule has 0 saturated heterocycles. The molecule has 0 atom stereocenters. The molecule has 0 aliphatic rings. The van der Waals surface area contributed by atoms with Crippen LogP contribution in [0.5, 0.6) is 0 Å². The number of nitrogens with zero attached hydrogens (tertiary/aromatic N) is 3. The molecule has 0 bridgehead atoms. The van der Waals surface area contributed by atoms with E-state index in [0.717, 1.165) is 55.3 Å². The molecule has 10 aromatic rings. The lowest BCUT2D eigenvalue weighted by Crippen LogP contribution is -2.01. The van der Waals surface area contributed by atoms with Crippen LogP contribution in [0.15, 0.2) is 212 Å². The zero-order chi connectivity index (χ0) is 37.3. The van der Waals surface area contributed by atoms with Gasteiger partial charge < -0.3 is 0 Å². The van der Waals surface area contributed by atoms with Crippen LogP contribution in [-0.2, 0) is 0 Å². The summed E-state index contributed by atoms with van der Waals surface area (Å²) >= 11 is 0. The van der Waals surface area contributed by atoms with Gasteiger partial charge >= 0.3 is 0 Å². The molecule has 1 aromatic heterocycles. The van der Waals surface area contributed by atoms with Crippen LogP contribution >= 0.6 is 0 Å². The molecule has 1 heterocycles. The third-order valence-electron chi connectivity index (χ3n) is 10.5. The van der Waals surface area contributed by atoms with Gasteiger partial charge in [-0.1, -0.05) is 188 Å². The molecule has 3 heteroatoms. The third-order valence-corrected chi connectivity index (χ3v) is 10.5. The van der Waals surface area contributed by atoms with Gasteiger partial charge in [-0.2, -0.15) is 0 Å². The van der Waals surface area contributed by atoms with Crippen molar-refractivity contribution in [3.05, 3.63) is 212 Å². The van der Waals surface area contributed by atoms with Gasteiger partial charge in [0.2, 0.25) is 0 Å². The van der Waals surface area contributed by atoms with E-state index in [4.69, 9.17) is 15.0 Å². The highest BCUT2D eigenvalue weighted by molar-refractivity contribution is 5.93. The zero-order valence-corrected chi connectivity index (χ0v) is 30.5. The van der Waals surface area contributed by atoms with Crippen LogP contribution < -0.4 is 0 Å².